The van der Waals surface area contributed by atoms with Crippen molar-refractivity contribution in [1.29, 1.82) is 0 Å². The molecule has 0 spiro atoms. The predicted molar refractivity (Wildman–Crippen MR) is 87.4 cm³/mol. The second-order valence-electron chi connectivity index (χ2n) is 5.06. The average molecular weight is 261 g/mol. The maximum absolute atomic E-state index is 3.48. The lowest BCUT2D eigenvalue weighted by Gasteiger charge is -2.11. The average Bonchev–Trinajstić information content (AvgIpc) is 2.49. The van der Waals surface area contributed by atoms with Crippen LogP contribution < -0.4 is 5.32 Å². The monoisotopic (exact) mass is 261 g/mol. The molecule has 0 amide bonds. The first-order chi connectivity index (χ1) is 9.86. The van der Waals surface area contributed by atoms with E-state index in [4.69, 9.17) is 0 Å². The summed E-state index contributed by atoms with van der Waals surface area (Å²) >= 11 is 0. The minimum atomic E-state index is 0.943. The zero-order valence-corrected chi connectivity index (χ0v) is 11.8. The third kappa shape index (κ3) is 2.67. The lowest BCUT2D eigenvalue weighted by molar-refractivity contribution is 1.18. The van der Waals surface area contributed by atoms with Gasteiger partial charge in [0.2, 0.25) is 0 Å². The molecule has 0 aliphatic heterocycles. The van der Waals surface area contributed by atoms with Crippen molar-refractivity contribution in [3.8, 4) is 0 Å². The summed E-state index contributed by atoms with van der Waals surface area (Å²) in [5.74, 6) is 0. The number of fused-ring (bicyclic) bond motifs is 1. The Balaban J connectivity index is 2.03. The highest BCUT2D eigenvalue weighted by Crippen LogP contribution is 2.26. The van der Waals surface area contributed by atoms with E-state index in [1.165, 1.54) is 27.6 Å². The zero-order chi connectivity index (χ0) is 13.8. The van der Waals surface area contributed by atoms with E-state index in [-0.39, 0.29) is 0 Å². The quantitative estimate of drug-likeness (QED) is 0.707. The van der Waals surface area contributed by atoms with Crippen molar-refractivity contribution in [2.24, 2.45) is 0 Å². The number of anilines is 1. The van der Waals surface area contributed by atoms with E-state index < -0.39 is 0 Å². The third-order valence-corrected chi connectivity index (χ3v) is 3.54. The summed E-state index contributed by atoms with van der Waals surface area (Å²) in [6.07, 6.45) is 0.976. The minimum Gasteiger partial charge on any atom is -0.385 e. The highest BCUT2D eigenvalue weighted by atomic mass is 14.9. The van der Waals surface area contributed by atoms with Crippen molar-refractivity contribution in [2.75, 3.05) is 11.9 Å². The first-order valence-corrected chi connectivity index (χ1v) is 7.16. The summed E-state index contributed by atoms with van der Waals surface area (Å²) < 4.78 is 0. The minimum absolute atomic E-state index is 0.943. The fraction of sp³-hybridized carbons (Fsp3) is 0.158. The van der Waals surface area contributed by atoms with Crippen LogP contribution in [0.1, 0.15) is 18.1 Å². The number of benzene rings is 3. The molecule has 0 heterocycles. The van der Waals surface area contributed by atoms with Crippen LogP contribution in [0.15, 0.2) is 66.7 Å². The van der Waals surface area contributed by atoms with Crippen LogP contribution >= 0.6 is 0 Å². The van der Waals surface area contributed by atoms with E-state index in [1.807, 2.05) is 0 Å². The molecule has 0 bridgehead atoms. The van der Waals surface area contributed by atoms with Gasteiger partial charge in [0.1, 0.15) is 0 Å². The molecule has 0 unspecified atom stereocenters. The smallest absolute Gasteiger partial charge is 0.0422 e. The van der Waals surface area contributed by atoms with Crippen LogP contribution in [0, 0.1) is 0 Å². The largest absolute Gasteiger partial charge is 0.385 e. The summed E-state index contributed by atoms with van der Waals surface area (Å²) in [5, 5.41) is 6.08. The van der Waals surface area contributed by atoms with Crippen LogP contribution in [-0.4, -0.2) is 6.54 Å². The summed E-state index contributed by atoms with van der Waals surface area (Å²) in [7, 11) is 0. The van der Waals surface area contributed by atoms with E-state index in [0.717, 1.165) is 13.0 Å². The highest BCUT2D eigenvalue weighted by molar-refractivity contribution is 5.94. The van der Waals surface area contributed by atoms with Crippen LogP contribution in [0.2, 0.25) is 0 Å². The van der Waals surface area contributed by atoms with Gasteiger partial charge in [0.25, 0.3) is 0 Å². The van der Waals surface area contributed by atoms with Crippen molar-refractivity contribution in [3.05, 3.63) is 77.9 Å². The summed E-state index contributed by atoms with van der Waals surface area (Å²) in [5.41, 5.74) is 3.94. The number of rotatable bonds is 4. The Morgan fingerprint density at radius 2 is 1.55 bits per heavy atom. The number of nitrogens with one attached hydrogen (secondary N) is 1. The Bertz CT molecular complexity index is 701. The maximum atomic E-state index is 3.48. The van der Waals surface area contributed by atoms with Gasteiger partial charge in [-0.25, -0.2) is 0 Å². The second kappa shape index (κ2) is 5.79. The van der Waals surface area contributed by atoms with Gasteiger partial charge in [-0.15, -0.1) is 0 Å². The lowest BCUT2D eigenvalue weighted by Crippen LogP contribution is -1.99. The fourth-order valence-corrected chi connectivity index (χ4v) is 2.64. The molecule has 0 aliphatic rings. The topological polar surface area (TPSA) is 12.0 Å². The Kier molecular flexibility index (Phi) is 3.69. The SMILES string of the molecule is CCNc1cc(Cc2ccccc2)cc2ccccc12. The van der Waals surface area contributed by atoms with E-state index in [1.54, 1.807) is 0 Å². The van der Waals surface area contributed by atoms with Crippen molar-refractivity contribution in [2.45, 2.75) is 13.3 Å². The Hall–Kier alpha value is -2.28. The van der Waals surface area contributed by atoms with Gasteiger partial charge < -0.3 is 5.32 Å². The third-order valence-electron chi connectivity index (χ3n) is 3.54. The molecule has 0 fully saturated rings. The van der Waals surface area contributed by atoms with Crippen molar-refractivity contribution in [1.82, 2.24) is 0 Å². The molecule has 1 heteroatoms. The Morgan fingerprint density at radius 1 is 0.800 bits per heavy atom. The summed E-state index contributed by atoms with van der Waals surface area (Å²) in [4.78, 5) is 0. The molecule has 3 aromatic rings. The van der Waals surface area contributed by atoms with E-state index >= 15 is 0 Å². The molecule has 0 saturated heterocycles. The summed E-state index contributed by atoms with van der Waals surface area (Å²) in [6.45, 7) is 3.08. The molecule has 100 valence electrons. The van der Waals surface area contributed by atoms with Gasteiger partial charge in [0.05, 0.1) is 0 Å². The molecule has 20 heavy (non-hydrogen) atoms. The maximum Gasteiger partial charge on any atom is 0.0422 e. The first kappa shape index (κ1) is 12.7. The van der Waals surface area contributed by atoms with Crippen molar-refractivity contribution in [3.63, 3.8) is 0 Å². The van der Waals surface area contributed by atoms with E-state index in [9.17, 15) is 0 Å². The Labute approximate surface area is 120 Å². The Morgan fingerprint density at radius 3 is 2.35 bits per heavy atom. The first-order valence-electron chi connectivity index (χ1n) is 7.16. The van der Waals surface area contributed by atoms with Gasteiger partial charge in [0, 0.05) is 17.6 Å². The van der Waals surface area contributed by atoms with Crippen LogP contribution in [0.5, 0.6) is 0 Å². The van der Waals surface area contributed by atoms with Gasteiger partial charge >= 0.3 is 0 Å². The molecule has 3 rings (SSSR count). The van der Waals surface area contributed by atoms with Gasteiger partial charge in [-0.1, -0.05) is 60.7 Å². The standard InChI is InChI=1S/C19H19N/c1-2-20-19-14-16(12-15-8-4-3-5-9-15)13-17-10-6-7-11-18(17)19/h3-11,13-14,20H,2,12H2,1H3. The van der Waals surface area contributed by atoms with Crippen LogP contribution in [0.25, 0.3) is 10.8 Å². The molecule has 0 aromatic heterocycles. The van der Waals surface area contributed by atoms with Gasteiger partial charge in [-0.3, -0.25) is 0 Å². The fourth-order valence-electron chi connectivity index (χ4n) is 2.64. The highest BCUT2D eigenvalue weighted by Gasteiger charge is 2.04. The predicted octanol–water partition coefficient (Wildman–Crippen LogP) is 4.86. The molecule has 1 N–H and O–H groups in total. The molecule has 0 atom stereocenters. The van der Waals surface area contributed by atoms with E-state index in [2.05, 4.69) is 79.0 Å². The normalized spacial score (nSPS) is 10.7. The number of hydrogen-bond acceptors (Lipinski definition) is 1. The van der Waals surface area contributed by atoms with Gasteiger partial charge in [-0.05, 0) is 35.9 Å². The van der Waals surface area contributed by atoms with Crippen molar-refractivity contribution < 1.29 is 0 Å². The molecular weight excluding hydrogens is 242 g/mol. The zero-order valence-electron chi connectivity index (χ0n) is 11.8. The van der Waals surface area contributed by atoms with Crippen molar-refractivity contribution >= 4 is 16.5 Å². The molecule has 0 radical (unpaired) electrons. The van der Waals surface area contributed by atoms with Gasteiger partial charge in [0.15, 0.2) is 0 Å². The van der Waals surface area contributed by atoms with Gasteiger partial charge in [-0.2, -0.15) is 0 Å². The van der Waals surface area contributed by atoms with Crippen LogP contribution in [0.3, 0.4) is 0 Å². The molecule has 3 aromatic carbocycles. The van der Waals surface area contributed by atoms with E-state index in [0.29, 0.717) is 0 Å². The van der Waals surface area contributed by atoms with Crippen LogP contribution in [-0.2, 0) is 6.42 Å². The number of hydrogen-bond donors (Lipinski definition) is 1. The molecule has 0 aliphatic carbocycles. The molecule has 1 nitrogen and oxygen atoms in total. The summed E-state index contributed by atoms with van der Waals surface area (Å²) in [6, 6.07) is 23.8. The van der Waals surface area contributed by atoms with Crippen LogP contribution in [0.4, 0.5) is 5.69 Å². The lowest BCUT2D eigenvalue weighted by atomic mass is 9.99. The molecule has 0 saturated carbocycles. The second-order valence-corrected chi connectivity index (χ2v) is 5.06. The molecular formula is C19H19N.